The average Bonchev–Trinajstić information content (AvgIpc) is 3.10. The topological polar surface area (TPSA) is 69.1 Å². The average molecular weight is 496 g/mol. The first kappa shape index (κ1) is 23.8. The Morgan fingerprint density at radius 1 is 0.838 bits per heavy atom. The van der Waals surface area contributed by atoms with E-state index in [0.29, 0.717) is 24.4 Å². The molecule has 0 bridgehead atoms. The Morgan fingerprint density at radius 2 is 1.51 bits per heavy atom. The fourth-order valence-corrected chi connectivity index (χ4v) is 5.83. The molecule has 0 atom stereocenters. The number of benzene rings is 3. The highest BCUT2D eigenvalue weighted by Crippen LogP contribution is 2.39. The Kier molecular flexibility index (Phi) is 6.68. The number of aliphatic hydroxyl groups is 1. The van der Waals surface area contributed by atoms with Gasteiger partial charge in [-0.15, -0.1) is 0 Å². The van der Waals surface area contributed by atoms with Gasteiger partial charge in [0, 0.05) is 44.6 Å². The Morgan fingerprint density at radius 3 is 2.19 bits per heavy atom. The molecule has 0 amide bonds. The van der Waals surface area contributed by atoms with Crippen LogP contribution in [-0.2, 0) is 12.8 Å². The van der Waals surface area contributed by atoms with Crippen molar-refractivity contribution in [2.75, 3.05) is 44.3 Å². The van der Waals surface area contributed by atoms with E-state index in [-0.39, 0.29) is 18.4 Å². The molecule has 0 saturated carbocycles. The predicted octanol–water partition coefficient (Wildman–Crippen LogP) is 4.71. The summed E-state index contributed by atoms with van der Waals surface area (Å²) in [4.78, 5) is 9.65. The van der Waals surface area contributed by atoms with Gasteiger partial charge in [-0.3, -0.25) is 4.90 Å². The van der Waals surface area contributed by atoms with Crippen molar-refractivity contribution in [3.8, 4) is 11.6 Å². The quantitative estimate of drug-likeness (QED) is 0.378. The zero-order valence-corrected chi connectivity index (χ0v) is 21.0. The number of anilines is 1. The maximum Gasteiger partial charge on any atom is 0.238 e. The number of aromatic hydroxyl groups is 1. The number of pyridine rings is 1. The molecule has 6 heteroatoms. The summed E-state index contributed by atoms with van der Waals surface area (Å²) in [5.74, 6) is 0.660. The van der Waals surface area contributed by atoms with Gasteiger partial charge in [0.1, 0.15) is 17.0 Å². The summed E-state index contributed by atoms with van der Waals surface area (Å²) in [5, 5.41) is 20.5. The number of hydrogen-bond acceptors (Lipinski definition) is 6. The van der Waals surface area contributed by atoms with E-state index in [0.717, 1.165) is 50.1 Å². The molecular formula is C31H33N3O3. The van der Waals surface area contributed by atoms with Crippen LogP contribution in [0, 0.1) is 0 Å². The van der Waals surface area contributed by atoms with Gasteiger partial charge in [0.05, 0.1) is 12.6 Å². The van der Waals surface area contributed by atoms with E-state index in [9.17, 15) is 10.2 Å². The molecule has 0 spiro atoms. The number of nitrogens with zero attached hydrogens (tertiary/aromatic N) is 3. The van der Waals surface area contributed by atoms with Gasteiger partial charge in [-0.05, 0) is 47.2 Å². The highest BCUT2D eigenvalue weighted by molar-refractivity contribution is 5.88. The van der Waals surface area contributed by atoms with Gasteiger partial charge < -0.3 is 19.8 Å². The molecule has 0 unspecified atom stereocenters. The van der Waals surface area contributed by atoms with Crippen LogP contribution in [0.4, 0.5) is 5.69 Å². The minimum absolute atomic E-state index is 0.0666. The summed E-state index contributed by atoms with van der Waals surface area (Å²) in [7, 11) is 0. The van der Waals surface area contributed by atoms with Crippen molar-refractivity contribution in [2.45, 2.75) is 25.3 Å². The van der Waals surface area contributed by atoms with Crippen LogP contribution in [-0.4, -0.2) is 59.5 Å². The predicted molar refractivity (Wildman–Crippen MR) is 147 cm³/mol. The lowest BCUT2D eigenvalue weighted by Gasteiger charge is -2.41. The molecule has 37 heavy (non-hydrogen) atoms. The highest BCUT2D eigenvalue weighted by atomic mass is 16.5. The van der Waals surface area contributed by atoms with Crippen LogP contribution in [0.25, 0.3) is 10.9 Å². The maximum absolute atomic E-state index is 10.4. The molecule has 3 aromatic carbocycles. The number of rotatable bonds is 6. The first-order chi connectivity index (χ1) is 18.2. The lowest BCUT2D eigenvalue weighted by molar-refractivity contribution is 0.209. The normalized spacial score (nSPS) is 16.3. The Labute approximate surface area is 217 Å². The van der Waals surface area contributed by atoms with Crippen LogP contribution in [0.1, 0.15) is 34.7 Å². The van der Waals surface area contributed by atoms with Gasteiger partial charge in [0.25, 0.3) is 0 Å². The fourth-order valence-electron chi connectivity index (χ4n) is 5.83. The largest absolute Gasteiger partial charge is 0.506 e. The van der Waals surface area contributed by atoms with Crippen molar-refractivity contribution < 1.29 is 14.9 Å². The molecule has 2 N–H and O–H groups in total. The van der Waals surface area contributed by atoms with Gasteiger partial charge in [0.15, 0.2) is 0 Å². The third-order valence-electron chi connectivity index (χ3n) is 7.69. The molecule has 6 rings (SSSR count). The van der Waals surface area contributed by atoms with Crippen LogP contribution >= 0.6 is 0 Å². The highest BCUT2D eigenvalue weighted by Gasteiger charge is 2.31. The number of aliphatic hydroxyl groups excluding tert-OH is 1. The third kappa shape index (κ3) is 4.63. The molecule has 2 aliphatic rings. The zero-order chi connectivity index (χ0) is 25.2. The maximum atomic E-state index is 10.4. The van der Waals surface area contributed by atoms with Gasteiger partial charge in [-0.2, -0.15) is 0 Å². The minimum Gasteiger partial charge on any atom is -0.506 e. The number of fused-ring (bicyclic) bond motifs is 3. The minimum atomic E-state index is 0.0666. The number of piperazine rings is 1. The van der Waals surface area contributed by atoms with Gasteiger partial charge in [0.2, 0.25) is 5.88 Å². The molecular weight excluding hydrogens is 462 g/mol. The van der Waals surface area contributed by atoms with E-state index < -0.39 is 0 Å². The van der Waals surface area contributed by atoms with E-state index in [1.807, 2.05) is 12.1 Å². The summed E-state index contributed by atoms with van der Waals surface area (Å²) in [6.45, 7) is 3.98. The van der Waals surface area contributed by atoms with Crippen LogP contribution in [0.15, 0.2) is 72.8 Å². The van der Waals surface area contributed by atoms with E-state index in [4.69, 9.17) is 9.72 Å². The molecule has 6 nitrogen and oxygen atoms in total. The smallest absolute Gasteiger partial charge is 0.238 e. The molecule has 1 fully saturated rings. The van der Waals surface area contributed by atoms with Crippen molar-refractivity contribution in [2.24, 2.45) is 0 Å². The number of aryl methyl sites for hydroxylation is 2. The molecule has 1 aromatic heterocycles. The third-order valence-corrected chi connectivity index (χ3v) is 7.69. The van der Waals surface area contributed by atoms with E-state index in [1.165, 1.54) is 22.3 Å². The van der Waals surface area contributed by atoms with Crippen LogP contribution < -0.4 is 9.64 Å². The van der Waals surface area contributed by atoms with E-state index in [1.54, 1.807) is 6.07 Å². The zero-order valence-electron chi connectivity index (χ0n) is 21.0. The van der Waals surface area contributed by atoms with Crippen LogP contribution in [0.3, 0.4) is 0 Å². The first-order valence-corrected chi connectivity index (χ1v) is 13.2. The van der Waals surface area contributed by atoms with E-state index >= 15 is 0 Å². The van der Waals surface area contributed by atoms with Crippen molar-refractivity contribution >= 4 is 16.6 Å². The van der Waals surface area contributed by atoms with Crippen molar-refractivity contribution in [3.63, 3.8) is 0 Å². The molecule has 1 aliphatic carbocycles. The Hall–Kier alpha value is -3.61. The Balaban J connectivity index is 1.30. The molecule has 0 radical (unpaired) electrons. The number of phenols is 1. The second-order valence-corrected chi connectivity index (χ2v) is 9.91. The SMILES string of the molecule is OCCCOc1nc2c(O)cccc2cc1N1CCN(C2c3ccccc3CCc3ccccc32)CC1. The standard InChI is InChI=1S/C31H33N3O3/c35-19-6-20-37-31-27(21-24-9-5-12-28(36)29(24)32-31)33-15-17-34(18-16-33)30-25-10-3-1-7-22(25)13-14-23-8-2-4-11-26(23)30/h1-5,7-12,21,30,35-36H,6,13-20H2. The molecule has 2 heterocycles. The number of phenolic OH excluding ortho intramolecular Hbond substituents is 1. The summed E-state index contributed by atoms with van der Waals surface area (Å²) in [5.41, 5.74) is 7.23. The Bertz CT molecular complexity index is 1350. The second kappa shape index (κ2) is 10.4. The monoisotopic (exact) mass is 495 g/mol. The number of aromatic nitrogens is 1. The number of ether oxygens (including phenoxy) is 1. The molecule has 1 aliphatic heterocycles. The van der Waals surface area contributed by atoms with Crippen molar-refractivity contribution in [1.82, 2.24) is 9.88 Å². The lowest BCUT2D eigenvalue weighted by atomic mass is 9.92. The fraction of sp³-hybridized carbons (Fsp3) is 0.323. The van der Waals surface area contributed by atoms with Crippen LogP contribution in [0.2, 0.25) is 0 Å². The molecule has 1 saturated heterocycles. The van der Waals surface area contributed by atoms with Gasteiger partial charge >= 0.3 is 0 Å². The summed E-state index contributed by atoms with van der Waals surface area (Å²) < 4.78 is 6.01. The first-order valence-electron chi connectivity index (χ1n) is 13.2. The summed E-state index contributed by atoms with van der Waals surface area (Å²) in [6, 6.07) is 25.6. The number of para-hydroxylation sites is 1. The van der Waals surface area contributed by atoms with Gasteiger partial charge in [-0.25, -0.2) is 4.98 Å². The van der Waals surface area contributed by atoms with Gasteiger partial charge in [-0.1, -0.05) is 60.7 Å². The summed E-state index contributed by atoms with van der Waals surface area (Å²) in [6.07, 6.45) is 2.69. The van der Waals surface area contributed by atoms with Crippen molar-refractivity contribution in [1.29, 1.82) is 0 Å². The second-order valence-electron chi connectivity index (χ2n) is 9.91. The number of hydrogen-bond donors (Lipinski definition) is 2. The lowest BCUT2D eigenvalue weighted by Crippen LogP contribution is -2.48. The molecule has 190 valence electrons. The van der Waals surface area contributed by atoms with Crippen molar-refractivity contribution in [3.05, 3.63) is 95.1 Å². The van der Waals surface area contributed by atoms with Crippen LogP contribution in [0.5, 0.6) is 11.6 Å². The molecule has 4 aromatic rings. The summed E-state index contributed by atoms with van der Waals surface area (Å²) >= 11 is 0. The van der Waals surface area contributed by atoms with E-state index in [2.05, 4.69) is 64.4 Å².